The number of fused-ring (bicyclic) bond motifs is 1. The monoisotopic (exact) mass is 501 g/mol. The maximum Gasteiger partial charge on any atom is 0.268 e. The van der Waals surface area contributed by atoms with E-state index in [-0.39, 0.29) is 30.6 Å². The number of pyridine rings is 1. The number of amides is 1. The number of Topliss-reactive ketones (excluding diaryl/α,β-unsaturated/α-hetero) is 2. The lowest BCUT2D eigenvalue weighted by atomic mass is 9.94. The van der Waals surface area contributed by atoms with Crippen molar-refractivity contribution in [1.82, 2.24) is 9.88 Å². The third-order valence-corrected chi connectivity index (χ3v) is 6.44. The van der Waals surface area contributed by atoms with E-state index in [1.54, 1.807) is 24.3 Å². The predicted molar refractivity (Wildman–Crippen MR) is 121 cm³/mol. The summed E-state index contributed by atoms with van der Waals surface area (Å²) in [6.07, 6.45) is 1.94. The van der Waals surface area contributed by atoms with Gasteiger partial charge in [0.15, 0.2) is 17.7 Å². The predicted octanol–water partition coefficient (Wildman–Crippen LogP) is 3.96. The van der Waals surface area contributed by atoms with Crippen LogP contribution in [0.1, 0.15) is 47.2 Å². The second-order valence-electron chi connectivity index (χ2n) is 8.72. The zero-order valence-corrected chi connectivity index (χ0v) is 19.4. The van der Waals surface area contributed by atoms with E-state index in [9.17, 15) is 23.2 Å². The van der Waals surface area contributed by atoms with Gasteiger partial charge in [-0.15, -0.1) is 0 Å². The van der Waals surface area contributed by atoms with Crippen LogP contribution in [0, 0.1) is 11.3 Å². The SMILES string of the molecule is N#C[C@@H]1CC(F)(F)CN1C(=O)CCC(=O)c1ccncc1CC(=O)C1CCc2cc(Cl)ccc2O1. The molecule has 1 unspecified atom stereocenters. The molecule has 2 aromatic rings. The Bertz CT molecular complexity index is 1210. The molecule has 1 fully saturated rings. The number of aromatic nitrogens is 1. The molecule has 35 heavy (non-hydrogen) atoms. The summed E-state index contributed by atoms with van der Waals surface area (Å²) in [6.45, 7) is -0.829. The van der Waals surface area contributed by atoms with E-state index in [1.165, 1.54) is 18.5 Å². The Kier molecular flexibility index (Phi) is 7.13. The first kappa shape index (κ1) is 24.7. The number of halogens is 3. The van der Waals surface area contributed by atoms with Gasteiger partial charge in [-0.2, -0.15) is 5.26 Å². The number of aryl methyl sites for hydroxylation is 1. The molecule has 0 N–H and O–H groups in total. The highest BCUT2D eigenvalue weighted by molar-refractivity contribution is 6.30. The van der Waals surface area contributed by atoms with Crippen LogP contribution in [-0.4, -0.2) is 52.0 Å². The molecule has 1 amide bonds. The highest BCUT2D eigenvalue weighted by atomic mass is 35.5. The molecule has 1 saturated heterocycles. The maximum absolute atomic E-state index is 13.6. The third kappa shape index (κ3) is 5.65. The van der Waals surface area contributed by atoms with E-state index in [4.69, 9.17) is 21.6 Å². The number of hydrogen-bond acceptors (Lipinski definition) is 6. The standard InChI is InChI=1S/C25H22ClF2N3O4/c26-17-2-5-22-15(9-17)1-4-23(35-22)21(33)10-16-13-30-8-7-19(16)20(32)3-6-24(34)31-14-25(27,28)11-18(31)12-29/h2,5,7-9,13,18,23H,1,3-4,6,10-11,14H2/t18-,23?/m0/s1. The number of likely N-dealkylation sites (tertiary alicyclic amines) is 1. The van der Waals surface area contributed by atoms with Crippen LogP contribution in [0.4, 0.5) is 8.78 Å². The fourth-order valence-electron chi connectivity index (χ4n) is 4.42. The van der Waals surface area contributed by atoms with Crippen molar-refractivity contribution < 1.29 is 27.9 Å². The van der Waals surface area contributed by atoms with Crippen molar-refractivity contribution in [3.8, 4) is 11.8 Å². The minimum absolute atomic E-state index is 0.0781. The van der Waals surface area contributed by atoms with Gasteiger partial charge in [0.2, 0.25) is 5.91 Å². The number of carbonyl (C=O) groups excluding carboxylic acids is 3. The van der Waals surface area contributed by atoms with Gasteiger partial charge < -0.3 is 9.64 Å². The molecule has 0 bridgehead atoms. The summed E-state index contributed by atoms with van der Waals surface area (Å²) in [4.78, 5) is 43.1. The second kappa shape index (κ2) is 10.1. The van der Waals surface area contributed by atoms with Gasteiger partial charge in [0, 0.05) is 48.7 Å². The van der Waals surface area contributed by atoms with Gasteiger partial charge in [-0.05, 0) is 48.2 Å². The molecule has 10 heteroatoms. The number of nitriles is 1. The normalized spacial score (nSPS) is 20.5. The zero-order valence-electron chi connectivity index (χ0n) is 18.7. The van der Waals surface area contributed by atoms with Gasteiger partial charge >= 0.3 is 0 Å². The molecule has 0 spiro atoms. The highest BCUT2D eigenvalue weighted by Crippen LogP contribution is 2.33. The Hall–Kier alpha value is -3.38. The van der Waals surface area contributed by atoms with Crippen LogP contribution < -0.4 is 4.74 Å². The lowest BCUT2D eigenvalue weighted by Gasteiger charge is -2.25. The Balaban J connectivity index is 1.38. The van der Waals surface area contributed by atoms with Crippen molar-refractivity contribution in [3.05, 3.63) is 58.4 Å². The van der Waals surface area contributed by atoms with Crippen LogP contribution in [0.25, 0.3) is 0 Å². The molecule has 2 aliphatic heterocycles. The van der Waals surface area contributed by atoms with E-state index in [2.05, 4.69) is 4.98 Å². The highest BCUT2D eigenvalue weighted by Gasteiger charge is 2.47. The smallest absolute Gasteiger partial charge is 0.268 e. The first-order chi connectivity index (χ1) is 16.7. The summed E-state index contributed by atoms with van der Waals surface area (Å²) >= 11 is 6.01. The summed E-state index contributed by atoms with van der Waals surface area (Å²) in [5.74, 6) is -3.81. The molecular weight excluding hydrogens is 480 g/mol. The lowest BCUT2D eigenvalue weighted by Crippen LogP contribution is -2.36. The summed E-state index contributed by atoms with van der Waals surface area (Å²) in [6, 6.07) is 7.19. The van der Waals surface area contributed by atoms with Gasteiger partial charge in [0.05, 0.1) is 12.6 Å². The van der Waals surface area contributed by atoms with Crippen molar-refractivity contribution in [2.75, 3.05) is 6.54 Å². The van der Waals surface area contributed by atoms with E-state index < -0.39 is 42.7 Å². The summed E-state index contributed by atoms with van der Waals surface area (Å²) < 4.78 is 33.1. The molecule has 2 aliphatic rings. The average Bonchev–Trinajstić information content (AvgIpc) is 3.17. The van der Waals surface area contributed by atoms with Gasteiger partial charge in [-0.1, -0.05) is 11.6 Å². The fourth-order valence-corrected chi connectivity index (χ4v) is 4.61. The van der Waals surface area contributed by atoms with Crippen molar-refractivity contribution in [1.29, 1.82) is 5.26 Å². The zero-order chi connectivity index (χ0) is 25.2. The number of ether oxygens (including phenoxy) is 1. The number of ketones is 2. The molecule has 7 nitrogen and oxygen atoms in total. The van der Waals surface area contributed by atoms with Crippen LogP contribution >= 0.6 is 11.6 Å². The number of nitrogens with zero attached hydrogens (tertiary/aromatic N) is 3. The molecule has 4 rings (SSSR count). The fraction of sp³-hybridized carbons (Fsp3) is 0.400. The number of alkyl halides is 2. The Labute approximate surface area is 205 Å². The van der Waals surface area contributed by atoms with E-state index in [0.29, 0.717) is 29.2 Å². The van der Waals surface area contributed by atoms with E-state index in [1.807, 2.05) is 0 Å². The van der Waals surface area contributed by atoms with Gasteiger partial charge in [0.1, 0.15) is 11.8 Å². The molecule has 3 heterocycles. The topological polar surface area (TPSA) is 100 Å². The molecule has 2 atom stereocenters. The molecule has 1 aromatic heterocycles. The van der Waals surface area contributed by atoms with E-state index >= 15 is 0 Å². The molecular formula is C25H22ClF2N3O4. The lowest BCUT2D eigenvalue weighted by molar-refractivity contribution is -0.132. The molecule has 0 saturated carbocycles. The minimum atomic E-state index is -3.12. The summed E-state index contributed by atoms with van der Waals surface area (Å²) in [5.41, 5.74) is 1.58. The molecule has 1 aromatic carbocycles. The van der Waals surface area contributed by atoms with Gasteiger partial charge in [0.25, 0.3) is 5.92 Å². The Morgan fingerprint density at radius 2 is 2.06 bits per heavy atom. The minimum Gasteiger partial charge on any atom is -0.482 e. The van der Waals surface area contributed by atoms with Crippen LogP contribution in [0.5, 0.6) is 5.75 Å². The van der Waals surface area contributed by atoms with Crippen LogP contribution in [-0.2, 0) is 22.4 Å². The van der Waals surface area contributed by atoms with Crippen LogP contribution in [0.3, 0.4) is 0 Å². The van der Waals surface area contributed by atoms with Crippen molar-refractivity contribution >= 4 is 29.1 Å². The van der Waals surface area contributed by atoms with Crippen molar-refractivity contribution in [3.63, 3.8) is 0 Å². The number of carbonyl (C=O) groups is 3. The quantitative estimate of drug-likeness (QED) is 0.532. The van der Waals surface area contributed by atoms with E-state index in [0.717, 1.165) is 10.5 Å². The maximum atomic E-state index is 13.6. The molecule has 0 radical (unpaired) electrons. The summed E-state index contributed by atoms with van der Waals surface area (Å²) in [7, 11) is 0. The second-order valence-corrected chi connectivity index (χ2v) is 9.16. The largest absolute Gasteiger partial charge is 0.482 e. The van der Waals surface area contributed by atoms with Crippen molar-refractivity contribution in [2.24, 2.45) is 0 Å². The molecule has 182 valence electrons. The van der Waals surface area contributed by atoms with Crippen LogP contribution in [0.15, 0.2) is 36.7 Å². The first-order valence-corrected chi connectivity index (χ1v) is 11.6. The summed E-state index contributed by atoms with van der Waals surface area (Å²) in [5, 5.41) is 9.66. The number of rotatable bonds is 7. The van der Waals surface area contributed by atoms with Crippen LogP contribution in [0.2, 0.25) is 5.02 Å². The van der Waals surface area contributed by atoms with Crippen molar-refractivity contribution in [2.45, 2.75) is 56.6 Å². The van der Waals surface area contributed by atoms with Gasteiger partial charge in [-0.25, -0.2) is 8.78 Å². The third-order valence-electron chi connectivity index (χ3n) is 6.20. The number of hydrogen-bond donors (Lipinski definition) is 0. The number of benzene rings is 1. The Morgan fingerprint density at radius 1 is 1.26 bits per heavy atom. The molecule has 0 aliphatic carbocycles. The Morgan fingerprint density at radius 3 is 2.83 bits per heavy atom. The van der Waals surface area contributed by atoms with Gasteiger partial charge in [-0.3, -0.25) is 19.4 Å². The first-order valence-electron chi connectivity index (χ1n) is 11.2. The average molecular weight is 502 g/mol.